The molecule has 1 fully saturated rings. The summed E-state index contributed by atoms with van der Waals surface area (Å²) in [7, 11) is 0. The summed E-state index contributed by atoms with van der Waals surface area (Å²) < 4.78 is 0. The minimum atomic E-state index is -0.370. The van der Waals surface area contributed by atoms with Crippen molar-refractivity contribution < 1.29 is 9.59 Å². The summed E-state index contributed by atoms with van der Waals surface area (Å²) in [6, 6.07) is 15.6. The van der Waals surface area contributed by atoms with E-state index in [1.54, 1.807) is 48.5 Å². The van der Waals surface area contributed by atoms with Crippen LogP contribution in [0, 0.1) is 11.3 Å². The van der Waals surface area contributed by atoms with E-state index in [9.17, 15) is 14.9 Å². The van der Waals surface area contributed by atoms with Crippen molar-refractivity contribution in [3.63, 3.8) is 0 Å². The summed E-state index contributed by atoms with van der Waals surface area (Å²) in [5.41, 5.74) is 1.75. The molecule has 0 spiro atoms. The van der Waals surface area contributed by atoms with Gasteiger partial charge in [0.25, 0.3) is 11.8 Å². The summed E-state index contributed by atoms with van der Waals surface area (Å²) in [6.07, 6.45) is 3.42. The molecule has 0 radical (unpaired) electrons. The van der Waals surface area contributed by atoms with Gasteiger partial charge in [0, 0.05) is 22.3 Å². The molecule has 0 bridgehead atoms. The van der Waals surface area contributed by atoms with Gasteiger partial charge in [-0.2, -0.15) is 5.26 Å². The molecule has 3 rings (SSSR count). The fourth-order valence-electron chi connectivity index (χ4n) is 2.32. The van der Waals surface area contributed by atoms with Gasteiger partial charge in [0.2, 0.25) is 0 Å². The second-order valence-corrected chi connectivity index (χ2v) is 6.44. The first-order chi connectivity index (χ1) is 12.5. The molecule has 0 unspecified atom stereocenters. The van der Waals surface area contributed by atoms with E-state index in [1.807, 2.05) is 6.07 Å². The zero-order valence-electron chi connectivity index (χ0n) is 13.8. The van der Waals surface area contributed by atoms with E-state index >= 15 is 0 Å². The molecule has 0 heterocycles. The SMILES string of the molecule is N#C/C(=C\c1cccc(NC(=O)c2ccc(Cl)cc2)c1)C(=O)NC1CC1. The van der Waals surface area contributed by atoms with Gasteiger partial charge in [-0.1, -0.05) is 23.7 Å². The highest BCUT2D eigenvalue weighted by molar-refractivity contribution is 6.30. The molecule has 26 heavy (non-hydrogen) atoms. The van der Waals surface area contributed by atoms with E-state index in [2.05, 4.69) is 10.6 Å². The van der Waals surface area contributed by atoms with Crippen molar-refractivity contribution in [1.29, 1.82) is 5.26 Å². The number of nitrogens with one attached hydrogen (secondary N) is 2. The van der Waals surface area contributed by atoms with Crippen molar-refractivity contribution >= 4 is 35.2 Å². The molecule has 0 aliphatic heterocycles. The van der Waals surface area contributed by atoms with Crippen LogP contribution in [-0.4, -0.2) is 17.9 Å². The van der Waals surface area contributed by atoms with E-state index in [1.165, 1.54) is 6.08 Å². The average Bonchev–Trinajstić information content (AvgIpc) is 3.44. The molecule has 0 saturated heterocycles. The normalized spacial score (nSPS) is 13.6. The van der Waals surface area contributed by atoms with Gasteiger partial charge in [0.1, 0.15) is 11.6 Å². The first kappa shape index (κ1) is 17.7. The Balaban J connectivity index is 1.73. The lowest BCUT2D eigenvalue weighted by molar-refractivity contribution is -0.117. The number of anilines is 1. The van der Waals surface area contributed by atoms with Crippen molar-refractivity contribution in [1.82, 2.24) is 5.32 Å². The first-order valence-corrected chi connectivity index (χ1v) is 8.52. The van der Waals surface area contributed by atoms with Gasteiger partial charge in [0.05, 0.1) is 0 Å². The van der Waals surface area contributed by atoms with Crippen LogP contribution in [0.4, 0.5) is 5.69 Å². The lowest BCUT2D eigenvalue weighted by Gasteiger charge is -2.07. The van der Waals surface area contributed by atoms with Gasteiger partial charge in [-0.15, -0.1) is 0 Å². The monoisotopic (exact) mass is 365 g/mol. The first-order valence-electron chi connectivity index (χ1n) is 8.15. The molecule has 130 valence electrons. The second-order valence-electron chi connectivity index (χ2n) is 6.00. The number of halogens is 1. The number of amides is 2. The summed E-state index contributed by atoms with van der Waals surface area (Å²) in [4.78, 5) is 24.3. The molecule has 1 saturated carbocycles. The molecule has 2 aromatic carbocycles. The van der Waals surface area contributed by atoms with Crippen LogP contribution in [0.2, 0.25) is 5.02 Å². The molecule has 1 aliphatic carbocycles. The quantitative estimate of drug-likeness (QED) is 0.625. The zero-order chi connectivity index (χ0) is 18.5. The van der Waals surface area contributed by atoms with Crippen LogP contribution in [0.1, 0.15) is 28.8 Å². The van der Waals surface area contributed by atoms with Gasteiger partial charge in [0.15, 0.2) is 0 Å². The lowest BCUT2D eigenvalue weighted by Crippen LogP contribution is -2.26. The third-order valence-corrected chi connectivity index (χ3v) is 4.09. The Morgan fingerprint density at radius 2 is 1.88 bits per heavy atom. The van der Waals surface area contributed by atoms with Gasteiger partial charge < -0.3 is 10.6 Å². The Kier molecular flexibility index (Phi) is 5.35. The molecule has 0 aromatic heterocycles. The number of carbonyl (C=O) groups is 2. The minimum absolute atomic E-state index is 0.0399. The molecule has 6 heteroatoms. The third-order valence-electron chi connectivity index (χ3n) is 3.84. The number of hydrogen-bond acceptors (Lipinski definition) is 3. The van der Waals surface area contributed by atoms with E-state index < -0.39 is 0 Å². The Labute approximate surface area is 156 Å². The third kappa shape index (κ3) is 4.71. The number of carbonyl (C=O) groups excluding carboxylic acids is 2. The van der Waals surface area contributed by atoms with Crippen molar-refractivity contribution in [3.05, 3.63) is 70.3 Å². The van der Waals surface area contributed by atoms with Crippen molar-refractivity contribution in [2.24, 2.45) is 0 Å². The van der Waals surface area contributed by atoms with E-state index in [0.29, 0.717) is 21.8 Å². The molecule has 2 aromatic rings. The second kappa shape index (κ2) is 7.85. The fraction of sp³-hybridized carbons (Fsp3) is 0.150. The topological polar surface area (TPSA) is 82.0 Å². The molecule has 5 nitrogen and oxygen atoms in total. The summed E-state index contributed by atoms with van der Waals surface area (Å²) in [6.45, 7) is 0. The van der Waals surface area contributed by atoms with E-state index in [-0.39, 0.29) is 23.4 Å². The standard InChI is InChI=1S/C20H16ClN3O2/c21-16-6-4-14(5-7-16)19(25)24-18-3-1-2-13(11-18)10-15(12-22)20(26)23-17-8-9-17/h1-7,10-11,17H,8-9H2,(H,23,26)(H,24,25)/b15-10+. The minimum Gasteiger partial charge on any atom is -0.349 e. The van der Waals surface area contributed by atoms with Crippen LogP contribution in [0.3, 0.4) is 0 Å². The molecule has 2 amide bonds. The summed E-state index contributed by atoms with van der Waals surface area (Å²) in [5.74, 6) is -0.639. The lowest BCUT2D eigenvalue weighted by atomic mass is 10.1. The Hall–Kier alpha value is -3.10. The zero-order valence-corrected chi connectivity index (χ0v) is 14.6. The van der Waals surface area contributed by atoms with Crippen LogP contribution >= 0.6 is 11.6 Å². The summed E-state index contributed by atoms with van der Waals surface area (Å²) in [5, 5.41) is 15.3. The van der Waals surface area contributed by atoms with Crippen LogP contribution in [0.5, 0.6) is 0 Å². The Morgan fingerprint density at radius 1 is 1.15 bits per heavy atom. The number of nitriles is 1. The molecule has 1 aliphatic rings. The number of nitrogens with zero attached hydrogens (tertiary/aromatic N) is 1. The molecular weight excluding hydrogens is 350 g/mol. The summed E-state index contributed by atoms with van der Waals surface area (Å²) >= 11 is 5.82. The predicted octanol–water partition coefficient (Wildman–Crippen LogP) is 3.78. The Bertz CT molecular complexity index is 909. The molecule has 0 atom stereocenters. The van der Waals surface area contributed by atoms with Crippen LogP contribution in [-0.2, 0) is 4.79 Å². The maximum atomic E-state index is 12.3. The molecule has 2 N–H and O–H groups in total. The van der Waals surface area contributed by atoms with Gasteiger partial charge in [-0.3, -0.25) is 9.59 Å². The van der Waals surface area contributed by atoms with Gasteiger partial charge in [-0.25, -0.2) is 0 Å². The predicted molar refractivity (Wildman–Crippen MR) is 101 cm³/mol. The highest BCUT2D eigenvalue weighted by Crippen LogP contribution is 2.20. The van der Waals surface area contributed by atoms with Crippen LogP contribution in [0.25, 0.3) is 6.08 Å². The van der Waals surface area contributed by atoms with E-state index in [0.717, 1.165) is 12.8 Å². The van der Waals surface area contributed by atoms with Crippen molar-refractivity contribution in [2.45, 2.75) is 18.9 Å². The van der Waals surface area contributed by atoms with Crippen LogP contribution in [0.15, 0.2) is 54.1 Å². The highest BCUT2D eigenvalue weighted by Gasteiger charge is 2.24. The number of rotatable bonds is 5. The fourth-order valence-corrected chi connectivity index (χ4v) is 2.44. The maximum absolute atomic E-state index is 12.3. The van der Waals surface area contributed by atoms with Gasteiger partial charge >= 0.3 is 0 Å². The number of benzene rings is 2. The largest absolute Gasteiger partial charge is 0.349 e. The highest BCUT2D eigenvalue weighted by atomic mass is 35.5. The number of hydrogen-bond donors (Lipinski definition) is 2. The average molecular weight is 366 g/mol. The molecular formula is C20H16ClN3O2. The van der Waals surface area contributed by atoms with Crippen molar-refractivity contribution in [2.75, 3.05) is 5.32 Å². The van der Waals surface area contributed by atoms with E-state index in [4.69, 9.17) is 11.6 Å². The Morgan fingerprint density at radius 3 is 2.54 bits per heavy atom. The van der Waals surface area contributed by atoms with Gasteiger partial charge in [-0.05, 0) is 60.9 Å². The smallest absolute Gasteiger partial charge is 0.262 e. The van der Waals surface area contributed by atoms with Crippen molar-refractivity contribution in [3.8, 4) is 6.07 Å². The maximum Gasteiger partial charge on any atom is 0.262 e. The van der Waals surface area contributed by atoms with Crippen LogP contribution < -0.4 is 10.6 Å².